The summed E-state index contributed by atoms with van der Waals surface area (Å²) in [5.74, 6) is 1.56. The lowest BCUT2D eigenvalue weighted by Crippen LogP contribution is -2.17. The third-order valence-corrected chi connectivity index (χ3v) is 4.07. The Balaban J connectivity index is 1.50. The van der Waals surface area contributed by atoms with Crippen LogP contribution in [0.15, 0.2) is 30.5 Å². The molecular formula is C17H22N4O3. The summed E-state index contributed by atoms with van der Waals surface area (Å²) in [4.78, 5) is 12.1. The van der Waals surface area contributed by atoms with Crippen LogP contribution in [0.1, 0.15) is 24.5 Å². The number of methoxy groups -OCH3 is 1. The van der Waals surface area contributed by atoms with Crippen LogP contribution in [0.25, 0.3) is 0 Å². The normalized spacial score (nSPS) is 16.8. The second-order valence-electron chi connectivity index (χ2n) is 5.68. The van der Waals surface area contributed by atoms with Crippen LogP contribution in [-0.2, 0) is 4.79 Å². The van der Waals surface area contributed by atoms with E-state index in [1.54, 1.807) is 13.3 Å². The first kappa shape index (κ1) is 16.3. The fourth-order valence-electron chi connectivity index (χ4n) is 2.81. The van der Waals surface area contributed by atoms with E-state index in [9.17, 15) is 4.79 Å². The summed E-state index contributed by atoms with van der Waals surface area (Å²) in [7, 11) is 1.59. The van der Waals surface area contributed by atoms with Gasteiger partial charge in [0.15, 0.2) is 11.5 Å². The third kappa shape index (κ3) is 3.86. The van der Waals surface area contributed by atoms with E-state index < -0.39 is 0 Å². The molecule has 1 saturated heterocycles. The van der Waals surface area contributed by atoms with E-state index in [1.807, 2.05) is 24.3 Å². The minimum absolute atomic E-state index is 0.0986. The van der Waals surface area contributed by atoms with Crippen molar-refractivity contribution >= 4 is 11.6 Å². The van der Waals surface area contributed by atoms with Gasteiger partial charge in [0, 0.05) is 12.5 Å². The van der Waals surface area contributed by atoms with Crippen molar-refractivity contribution < 1.29 is 14.3 Å². The van der Waals surface area contributed by atoms with Gasteiger partial charge in [0.05, 0.1) is 37.7 Å². The van der Waals surface area contributed by atoms with Gasteiger partial charge in [-0.15, -0.1) is 0 Å². The first-order valence-corrected chi connectivity index (χ1v) is 8.07. The summed E-state index contributed by atoms with van der Waals surface area (Å²) < 4.78 is 10.8. The third-order valence-electron chi connectivity index (χ3n) is 4.07. The molecule has 1 aliphatic heterocycles. The largest absolute Gasteiger partial charge is 0.493 e. The Hall–Kier alpha value is -2.54. The van der Waals surface area contributed by atoms with Gasteiger partial charge in [0.2, 0.25) is 5.91 Å². The second-order valence-corrected chi connectivity index (χ2v) is 5.68. The van der Waals surface area contributed by atoms with Crippen molar-refractivity contribution in [1.82, 2.24) is 15.5 Å². The number of hydrogen-bond donors (Lipinski definition) is 3. The molecule has 128 valence electrons. The van der Waals surface area contributed by atoms with E-state index in [0.29, 0.717) is 17.4 Å². The molecule has 0 spiro atoms. The molecule has 0 aliphatic carbocycles. The highest BCUT2D eigenvalue weighted by Gasteiger charge is 2.22. The maximum atomic E-state index is 12.1. The van der Waals surface area contributed by atoms with Gasteiger partial charge in [0.25, 0.3) is 0 Å². The molecule has 1 amide bonds. The van der Waals surface area contributed by atoms with Crippen LogP contribution in [-0.4, -0.2) is 42.9 Å². The molecule has 3 N–H and O–H groups in total. The Labute approximate surface area is 140 Å². The average Bonchev–Trinajstić information content (AvgIpc) is 3.26. The predicted octanol–water partition coefficient (Wildman–Crippen LogP) is 1.90. The molecular weight excluding hydrogens is 308 g/mol. The zero-order valence-corrected chi connectivity index (χ0v) is 13.7. The van der Waals surface area contributed by atoms with E-state index in [2.05, 4.69) is 20.8 Å². The number of carbonyl (C=O) groups excluding carboxylic acids is 1. The van der Waals surface area contributed by atoms with Crippen molar-refractivity contribution in [3.63, 3.8) is 0 Å². The van der Waals surface area contributed by atoms with Crippen LogP contribution in [0.5, 0.6) is 11.5 Å². The number of H-pyrrole nitrogens is 1. The molecule has 0 saturated carbocycles. The Morgan fingerprint density at radius 2 is 2.21 bits per heavy atom. The number of ether oxygens (including phenoxy) is 2. The van der Waals surface area contributed by atoms with Gasteiger partial charge < -0.3 is 20.1 Å². The van der Waals surface area contributed by atoms with Crippen LogP contribution in [0, 0.1) is 0 Å². The standard InChI is InChI=1S/C17H22N4O3/c1-23-14-4-2-3-5-15(14)24-9-7-16(22)20-13-11-19-21-17(13)12-6-8-18-10-12/h2-5,11-12,18H,6-10H2,1H3,(H,19,21)(H,20,22). The van der Waals surface area contributed by atoms with Gasteiger partial charge in [-0.05, 0) is 25.1 Å². The molecule has 0 bridgehead atoms. The van der Waals surface area contributed by atoms with Crippen LogP contribution in [0.2, 0.25) is 0 Å². The smallest absolute Gasteiger partial charge is 0.227 e. The van der Waals surface area contributed by atoms with Crippen LogP contribution in [0.4, 0.5) is 5.69 Å². The Bertz CT molecular complexity index is 680. The summed E-state index contributed by atoms with van der Waals surface area (Å²) in [6.07, 6.45) is 2.96. The molecule has 2 aromatic rings. The van der Waals surface area contributed by atoms with Crippen LogP contribution in [0.3, 0.4) is 0 Å². The van der Waals surface area contributed by atoms with Gasteiger partial charge in [0.1, 0.15) is 0 Å². The number of nitrogens with one attached hydrogen (secondary N) is 3. The number of rotatable bonds is 7. The second kappa shape index (κ2) is 7.83. The molecule has 3 rings (SSSR count). The highest BCUT2D eigenvalue weighted by Crippen LogP contribution is 2.27. The van der Waals surface area contributed by atoms with E-state index in [4.69, 9.17) is 9.47 Å². The van der Waals surface area contributed by atoms with Gasteiger partial charge in [-0.2, -0.15) is 5.10 Å². The van der Waals surface area contributed by atoms with Crippen LogP contribution >= 0.6 is 0 Å². The fourth-order valence-corrected chi connectivity index (χ4v) is 2.81. The SMILES string of the molecule is COc1ccccc1OCCC(=O)Nc1cn[nH]c1C1CCNC1. The average molecular weight is 330 g/mol. The van der Waals surface area contributed by atoms with Gasteiger partial charge >= 0.3 is 0 Å². The molecule has 1 aromatic carbocycles. The molecule has 1 fully saturated rings. The lowest BCUT2D eigenvalue weighted by molar-refractivity contribution is -0.116. The number of aromatic nitrogens is 2. The predicted molar refractivity (Wildman–Crippen MR) is 90.6 cm³/mol. The monoisotopic (exact) mass is 330 g/mol. The maximum Gasteiger partial charge on any atom is 0.227 e. The molecule has 1 unspecified atom stereocenters. The van der Waals surface area contributed by atoms with Crippen molar-refractivity contribution in [2.45, 2.75) is 18.8 Å². The topological polar surface area (TPSA) is 88.3 Å². The number of amides is 1. The quantitative estimate of drug-likeness (QED) is 0.722. The van der Waals surface area contributed by atoms with Crippen molar-refractivity contribution in [3.8, 4) is 11.5 Å². The minimum Gasteiger partial charge on any atom is -0.493 e. The fraction of sp³-hybridized carbons (Fsp3) is 0.412. The number of nitrogens with zero attached hydrogens (tertiary/aromatic N) is 1. The molecule has 7 heteroatoms. The highest BCUT2D eigenvalue weighted by molar-refractivity contribution is 5.91. The Morgan fingerprint density at radius 3 is 2.96 bits per heavy atom. The van der Waals surface area contributed by atoms with E-state index >= 15 is 0 Å². The zero-order valence-electron chi connectivity index (χ0n) is 13.7. The van der Waals surface area contributed by atoms with Gasteiger partial charge in [-0.25, -0.2) is 0 Å². The van der Waals surface area contributed by atoms with E-state index in [0.717, 1.165) is 30.9 Å². The summed E-state index contributed by atoms with van der Waals surface area (Å²) >= 11 is 0. The number of benzene rings is 1. The molecule has 1 atom stereocenters. The maximum absolute atomic E-state index is 12.1. The molecule has 1 aromatic heterocycles. The van der Waals surface area contributed by atoms with Gasteiger partial charge in [-0.3, -0.25) is 9.89 Å². The summed E-state index contributed by atoms with van der Waals surface area (Å²) in [6.45, 7) is 2.18. The lowest BCUT2D eigenvalue weighted by atomic mass is 10.0. The molecule has 2 heterocycles. The van der Waals surface area contributed by atoms with Crippen molar-refractivity contribution in [2.24, 2.45) is 0 Å². The lowest BCUT2D eigenvalue weighted by Gasteiger charge is -2.11. The summed E-state index contributed by atoms with van der Waals surface area (Å²) in [6, 6.07) is 7.38. The van der Waals surface area contributed by atoms with Crippen molar-refractivity contribution in [1.29, 1.82) is 0 Å². The minimum atomic E-state index is -0.0986. The van der Waals surface area contributed by atoms with Crippen molar-refractivity contribution in [3.05, 3.63) is 36.2 Å². The Morgan fingerprint density at radius 1 is 1.38 bits per heavy atom. The molecule has 7 nitrogen and oxygen atoms in total. The van der Waals surface area contributed by atoms with Crippen LogP contribution < -0.4 is 20.1 Å². The molecule has 0 radical (unpaired) electrons. The molecule has 1 aliphatic rings. The number of para-hydroxylation sites is 2. The number of anilines is 1. The summed E-state index contributed by atoms with van der Waals surface area (Å²) in [5, 5.41) is 13.3. The molecule has 24 heavy (non-hydrogen) atoms. The Kier molecular flexibility index (Phi) is 5.32. The number of carbonyl (C=O) groups is 1. The first-order valence-electron chi connectivity index (χ1n) is 8.07. The van der Waals surface area contributed by atoms with Gasteiger partial charge in [-0.1, -0.05) is 12.1 Å². The first-order chi connectivity index (χ1) is 11.8. The number of hydrogen-bond acceptors (Lipinski definition) is 5. The number of aromatic amines is 1. The van der Waals surface area contributed by atoms with E-state index in [-0.39, 0.29) is 18.9 Å². The zero-order chi connectivity index (χ0) is 16.8. The summed E-state index contributed by atoms with van der Waals surface area (Å²) in [5.41, 5.74) is 1.74. The van der Waals surface area contributed by atoms with E-state index in [1.165, 1.54) is 0 Å². The highest BCUT2D eigenvalue weighted by atomic mass is 16.5. The van der Waals surface area contributed by atoms with Crippen molar-refractivity contribution in [2.75, 3.05) is 32.1 Å².